The minimum Gasteiger partial charge on any atom is -0.466 e. The van der Waals surface area contributed by atoms with Crippen molar-refractivity contribution in [3.8, 4) is 0 Å². The maximum atomic E-state index is 11.0. The Labute approximate surface area is 69.1 Å². The van der Waals surface area contributed by atoms with Crippen molar-refractivity contribution in [2.45, 2.75) is 24.6 Å². The summed E-state index contributed by atoms with van der Waals surface area (Å²) in [4.78, 5) is 11.0. The van der Waals surface area contributed by atoms with Crippen LogP contribution in [0.1, 0.15) is 20.3 Å². The maximum absolute atomic E-state index is 11.0. The molecule has 0 heterocycles. The van der Waals surface area contributed by atoms with Gasteiger partial charge in [-0.15, -0.1) is 0 Å². The predicted molar refractivity (Wildman–Crippen MR) is 42.1 cm³/mol. The summed E-state index contributed by atoms with van der Waals surface area (Å²) in [6, 6.07) is 0. The molecule has 0 unspecified atom stereocenters. The van der Waals surface area contributed by atoms with Crippen molar-refractivity contribution in [2.24, 2.45) is 5.92 Å². The standard InChI is InChI=1S/C7H11BrO2/c1-3-10-6(9)5-4-7(5,2)8/h5H,3-4H2,1-2H3/t5-,7-/m1/s1. The zero-order chi connectivity index (χ0) is 7.78. The third-order valence-corrected chi connectivity index (χ3v) is 2.62. The normalized spacial score (nSPS) is 37.3. The van der Waals surface area contributed by atoms with Gasteiger partial charge < -0.3 is 4.74 Å². The molecule has 1 aliphatic rings. The van der Waals surface area contributed by atoms with E-state index in [1.54, 1.807) is 0 Å². The average Bonchev–Trinajstić information content (AvgIpc) is 2.41. The highest BCUT2D eigenvalue weighted by molar-refractivity contribution is 9.10. The summed E-state index contributed by atoms with van der Waals surface area (Å²) in [6.45, 7) is 4.32. The highest BCUT2D eigenvalue weighted by Crippen LogP contribution is 2.51. The van der Waals surface area contributed by atoms with E-state index in [1.165, 1.54) is 0 Å². The largest absolute Gasteiger partial charge is 0.466 e. The number of rotatable bonds is 2. The molecule has 0 amide bonds. The molecule has 58 valence electrons. The van der Waals surface area contributed by atoms with Crippen molar-refractivity contribution in [3.05, 3.63) is 0 Å². The van der Waals surface area contributed by atoms with Gasteiger partial charge in [0.2, 0.25) is 0 Å². The first-order chi connectivity index (χ1) is 4.58. The predicted octanol–water partition coefficient (Wildman–Crippen LogP) is 1.72. The Balaban J connectivity index is 2.33. The van der Waals surface area contributed by atoms with Crippen LogP contribution in [0.15, 0.2) is 0 Å². The van der Waals surface area contributed by atoms with E-state index >= 15 is 0 Å². The smallest absolute Gasteiger partial charge is 0.310 e. The lowest BCUT2D eigenvalue weighted by atomic mass is 10.3. The van der Waals surface area contributed by atoms with Crippen molar-refractivity contribution >= 4 is 21.9 Å². The molecule has 0 bridgehead atoms. The lowest BCUT2D eigenvalue weighted by Crippen LogP contribution is -2.10. The Morgan fingerprint density at radius 3 is 2.70 bits per heavy atom. The molecule has 0 radical (unpaired) electrons. The van der Waals surface area contributed by atoms with Gasteiger partial charge in [0.15, 0.2) is 0 Å². The summed E-state index contributed by atoms with van der Waals surface area (Å²) < 4.78 is 4.86. The second kappa shape index (κ2) is 2.53. The van der Waals surface area contributed by atoms with Crippen LogP contribution in [0.5, 0.6) is 0 Å². The highest BCUT2D eigenvalue weighted by atomic mass is 79.9. The molecular formula is C7H11BrO2. The second-order valence-corrected chi connectivity index (χ2v) is 4.60. The minimum absolute atomic E-state index is 0.0270. The van der Waals surface area contributed by atoms with Crippen LogP contribution in [0, 0.1) is 5.92 Å². The molecule has 0 N–H and O–H groups in total. The number of carbonyl (C=O) groups excluding carboxylic acids is 1. The van der Waals surface area contributed by atoms with E-state index in [9.17, 15) is 4.79 Å². The van der Waals surface area contributed by atoms with Crippen LogP contribution in [0.4, 0.5) is 0 Å². The van der Waals surface area contributed by atoms with Crippen molar-refractivity contribution in [3.63, 3.8) is 0 Å². The summed E-state index contributed by atoms with van der Waals surface area (Å²) in [6.07, 6.45) is 0.909. The van der Waals surface area contributed by atoms with Crippen LogP contribution in [0.3, 0.4) is 0 Å². The lowest BCUT2D eigenvalue weighted by Gasteiger charge is -2.00. The Morgan fingerprint density at radius 1 is 1.90 bits per heavy atom. The molecule has 0 saturated heterocycles. The topological polar surface area (TPSA) is 26.3 Å². The van der Waals surface area contributed by atoms with Crippen LogP contribution in [-0.2, 0) is 9.53 Å². The molecule has 0 aliphatic heterocycles. The molecule has 0 aromatic rings. The molecule has 2 atom stereocenters. The zero-order valence-electron chi connectivity index (χ0n) is 6.19. The van der Waals surface area contributed by atoms with Gasteiger partial charge in [-0.2, -0.15) is 0 Å². The first-order valence-corrected chi connectivity index (χ1v) is 4.23. The molecule has 0 spiro atoms. The number of esters is 1. The van der Waals surface area contributed by atoms with Gasteiger partial charge in [0.25, 0.3) is 0 Å². The van der Waals surface area contributed by atoms with E-state index in [4.69, 9.17) is 4.74 Å². The molecule has 2 nitrogen and oxygen atoms in total. The number of hydrogen-bond donors (Lipinski definition) is 0. The molecule has 0 aromatic carbocycles. The third kappa shape index (κ3) is 1.51. The van der Waals surface area contributed by atoms with Crippen molar-refractivity contribution in [1.29, 1.82) is 0 Å². The fourth-order valence-electron chi connectivity index (χ4n) is 0.912. The zero-order valence-corrected chi connectivity index (χ0v) is 7.77. The SMILES string of the molecule is CCOC(=O)[C@H]1C[C@@]1(C)Br. The first-order valence-electron chi connectivity index (χ1n) is 3.43. The summed E-state index contributed by atoms with van der Waals surface area (Å²) in [5, 5.41) is 0. The minimum atomic E-state index is -0.0677. The lowest BCUT2D eigenvalue weighted by molar-refractivity contribution is -0.144. The van der Waals surface area contributed by atoms with Gasteiger partial charge in [-0.05, 0) is 20.3 Å². The molecule has 10 heavy (non-hydrogen) atoms. The first kappa shape index (κ1) is 8.05. The van der Waals surface area contributed by atoms with Crippen LogP contribution in [0.2, 0.25) is 0 Å². The van der Waals surface area contributed by atoms with Crippen molar-refractivity contribution < 1.29 is 9.53 Å². The van der Waals surface area contributed by atoms with Gasteiger partial charge in [-0.3, -0.25) is 4.79 Å². The monoisotopic (exact) mass is 206 g/mol. The van der Waals surface area contributed by atoms with Crippen molar-refractivity contribution in [1.82, 2.24) is 0 Å². The summed E-state index contributed by atoms with van der Waals surface area (Å²) in [7, 11) is 0. The van der Waals surface area contributed by atoms with Crippen molar-refractivity contribution in [2.75, 3.05) is 6.61 Å². The van der Waals surface area contributed by atoms with Crippen LogP contribution in [-0.4, -0.2) is 16.9 Å². The van der Waals surface area contributed by atoms with Gasteiger partial charge in [-0.1, -0.05) is 15.9 Å². The van der Waals surface area contributed by atoms with Crippen LogP contribution in [0.25, 0.3) is 0 Å². The summed E-state index contributed by atoms with van der Waals surface area (Å²) >= 11 is 3.42. The van der Waals surface area contributed by atoms with Gasteiger partial charge in [0, 0.05) is 4.32 Å². The molecule has 0 aromatic heterocycles. The van der Waals surface area contributed by atoms with E-state index in [0.717, 1.165) is 6.42 Å². The second-order valence-electron chi connectivity index (χ2n) is 2.79. The Kier molecular flexibility index (Phi) is 2.04. The molecule has 1 rings (SSSR count). The van der Waals surface area contributed by atoms with Gasteiger partial charge in [0.05, 0.1) is 12.5 Å². The Bertz CT molecular complexity index is 154. The molecule has 1 saturated carbocycles. The summed E-state index contributed by atoms with van der Waals surface area (Å²) in [5.41, 5.74) is 0. The van der Waals surface area contributed by atoms with E-state index in [1.807, 2.05) is 13.8 Å². The molecule has 3 heteroatoms. The third-order valence-electron chi connectivity index (χ3n) is 1.74. The molecular weight excluding hydrogens is 196 g/mol. The Hall–Kier alpha value is -0.0500. The number of halogens is 1. The number of carbonyl (C=O) groups is 1. The summed E-state index contributed by atoms with van der Waals surface area (Å²) in [5.74, 6) is 0.0225. The van der Waals surface area contributed by atoms with Gasteiger partial charge >= 0.3 is 5.97 Å². The van der Waals surface area contributed by atoms with Crippen LogP contribution < -0.4 is 0 Å². The number of alkyl halides is 1. The van der Waals surface area contributed by atoms with E-state index < -0.39 is 0 Å². The van der Waals surface area contributed by atoms with E-state index in [-0.39, 0.29) is 16.2 Å². The average molecular weight is 207 g/mol. The Morgan fingerprint density at radius 2 is 2.40 bits per heavy atom. The van der Waals surface area contributed by atoms with Crippen LogP contribution >= 0.6 is 15.9 Å². The quantitative estimate of drug-likeness (QED) is 0.509. The number of hydrogen-bond acceptors (Lipinski definition) is 2. The molecule has 1 fully saturated rings. The molecule has 1 aliphatic carbocycles. The van der Waals surface area contributed by atoms with Gasteiger partial charge in [-0.25, -0.2) is 0 Å². The van der Waals surface area contributed by atoms with Gasteiger partial charge in [0.1, 0.15) is 0 Å². The van der Waals surface area contributed by atoms with E-state index in [0.29, 0.717) is 6.61 Å². The fourth-order valence-corrected chi connectivity index (χ4v) is 1.42. The fraction of sp³-hybridized carbons (Fsp3) is 0.857. The van der Waals surface area contributed by atoms with E-state index in [2.05, 4.69) is 15.9 Å². The maximum Gasteiger partial charge on any atom is 0.310 e. The highest BCUT2D eigenvalue weighted by Gasteiger charge is 2.53. The number of ether oxygens (including phenoxy) is 1.